The summed E-state index contributed by atoms with van der Waals surface area (Å²) in [5.74, 6) is 0. The second kappa shape index (κ2) is 22.7. The summed E-state index contributed by atoms with van der Waals surface area (Å²) in [6, 6.07) is 0. The van der Waals surface area contributed by atoms with E-state index in [-0.39, 0.29) is 57.5 Å². The smallest absolute Gasteiger partial charge is 0.748 e. The predicted molar refractivity (Wildman–Crippen MR) is 119 cm³/mol. The van der Waals surface area contributed by atoms with Gasteiger partial charge in [-0.1, -0.05) is 110 Å². The van der Waals surface area contributed by atoms with Crippen LogP contribution >= 0.6 is 0 Å². The SMILES string of the molecule is CCCCCCCCCC(O)CCCCCCCCCC(CCC)S(=O)(=O)[O-].[K+]. The molecule has 0 aromatic carbocycles. The zero-order chi connectivity index (χ0) is 21.1. The molecule has 0 bridgehead atoms. The topological polar surface area (TPSA) is 77.4 Å². The largest absolute Gasteiger partial charge is 1.00 e. The van der Waals surface area contributed by atoms with Crippen LogP contribution in [0.4, 0.5) is 0 Å². The van der Waals surface area contributed by atoms with E-state index < -0.39 is 15.4 Å². The van der Waals surface area contributed by atoms with Gasteiger partial charge in [-0.05, 0) is 25.7 Å². The van der Waals surface area contributed by atoms with Crippen molar-refractivity contribution in [3.05, 3.63) is 0 Å². The van der Waals surface area contributed by atoms with Gasteiger partial charge in [0.15, 0.2) is 0 Å². The van der Waals surface area contributed by atoms with E-state index in [1.807, 2.05) is 6.92 Å². The summed E-state index contributed by atoms with van der Waals surface area (Å²) in [7, 11) is -4.13. The molecular weight excluding hydrogens is 411 g/mol. The summed E-state index contributed by atoms with van der Waals surface area (Å²) in [5, 5.41) is 9.36. The van der Waals surface area contributed by atoms with Crippen LogP contribution < -0.4 is 51.4 Å². The molecule has 0 heterocycles. The van der Waals surface area contributed by atoms with E-state index in [0.29, 0.717) is 12.8 Å². The van der Waals surface area contributed by atoms with Crippen molar-refractivity contribution in [1.82, 2.24) is 0 Å². The minimum atomic E-state index is -4.13. The molecule has 0 radical (unpaired) electrons. The van der Waals surface area contributed by atoms with Crippen LogP contribution in [0.3, 0.4) is 0 Å². The Bertz CT molecular complexity index is 429. The van der Waals surface area contributed by atoms with Crippen molar-refractivity contribution < 1.29 is 69.5 Å². The summed E-state index contributed by atoms with van der Waals surface area (Å²) in [6.07, 6.45) is 20.2. The molecule has 0 saturated carbocycles. The van der Waals surface area contributed by atoms with Crippen LogP contribution in [0.5, 0.6) is 0 Å². The molecule has 0 spiro atoms. The maximum Gasteiger partial charge on any atom is 1.00 e. The van der Waals surface area contributed by atoms with E-state index in [1.165, 1.54) is 51.4 Å². The summed E-state index contributed by atoms with van der Waals surface area (Å²) >= 11 is 0. The predicted octanol–water partition coefficient (Wildman–Crippen LogP) is 3.72. The first-order valence-corrected chi connectivity index (χ1v) is 13.5. The van der Waals surface area contributed by atoms with E-state index in [0.717, 1.165) is 57.8 Å². The Kier molecular flexibility index (Phi) is 25.6. The van der Waals surface area contributed by atoms with Crippen LogP contribution in [-0.2, 0) is 10.1 Å². The summed E-state index contributed by atoms with van der Waals surface area (Å²) in [4.78, 5) is 0. The summed E-state index contributed by atoms with van der Waals surface area (Å²) < 4.78 is 33.5. The van der Waals surface area contributed by atoms with E-state index in [4.69, 9.17) is 0 Å². The van der Waals surface area contributed by atoms with Crippen LogP contribution in [0.1, 0.15) is 136 Å². The van der Waals surface area contributed by atoms with Gasteiger partial charge in [-0.3, -0.25) is 0 Å². The molecular formula is C23H47KO4S. The van der Waals surface area contributed by atoms with Crippen molar-refractivity contribution in [2.75, 3.05) is 0 Å². The third kappa shape index (κ3) is 22.5. The molecule has 29 heavy (non-hydrogen) atoms. The minimum absolute atomic E-state index is 0. The molecule has 170 valence electrons. The van der Waals surface area contributed by atoms with Crippen LogP contribution in [0, 0.1) is 0 Å². The van der Waals surface area contributed by atoms with Gasteiger partial charge in [-0.15, -0.1) is 0 Å². The Hall–Kier alpha value is 1.51. The van der Waals surface area contributed by atoms with Crippen molar-refractivity contribution in [2.45, 2.75) is 147 Å². The average Bonchev–Trinajstić information content (AvgIpc) is 2.64. The molecule has 2 unspecified atom stereocenters. The Morgan fingerprint density at radius 3 is 1.38 bits per heavy atom. The monoisotopic (exact) mass is 458 g/mol. The summed E-state index contributed by atoms with van der Waals surface area (Å²) in [5.41, 5.74) is 0. The Balaban J connectivity index is 0. The fourth-order valence-corrected chi connectivity index (χ4v) is 4.85. The Labute approximate surface area is 224 Å². The molecule has 0 aliphatic rings. The van der Waals surface area contributed by atoms with Gasteiger partial charge in [0.25, 0.3) is 0 Å². The van der Waals surface area contributed by atoms with E-state index in [1.54, 1.807) is 0 Å². The standard InChI is InChI=1S/C23H48O4S.K/c1-3-5-6-7-9-12-15-19-22(24)20-16-13-10-8-11-14-17-21-23(18-4-2)28(25,26)27;/h22-24H,3-21H2,1-2H3,(H,25,26,27);/q;+1/p-1. The second-order valence-corrected chi connectivity index (χ2v) is 10.2. The first-order chi connectivity index (χ1) is 13.4. The molecule has 0 aromatic heterocycles. The molecule has 0 aliphatic heterocycles. The van der Waals surface area contributed by atoms with Gasteiger partial charge in [0.2, 0.25) is 0 Å². The molecule has 1 N–H and O–H groups in total. The van der Waals surface area contributed by atoms with Crippen LogP contribution in [-0.4, -0.2) is 29.4 Å². The molecule has 0 amide bonds. The number of rotatable bonds is 21. The van der Waals surface area contributed by atoms with E-state index in [2.05, 4.69) is 6.92 Å². The second-order valence-electron chi connectivity index (χ2n) is 8.52. The Morgan fingerprint density at radius 2 is 1.00 bits per heavy atom. The molecule has 0 aliphatic carbocycles. The zero-order valence-corrected chi connectivity index (χ0v) is 23.6. The van der Waals surface area contributed by atoms with Crippen molar-refractivity contribution in [3.8, 4) is 0 Å². The van der Waals surface area contributed by atoms with Gasteiger partial charge in [0.1, 0.15) is 0 Å². The fourth-order valence-electron chi connectivity index (χ4n) is 3.87. The van der Waals surface area contributed by atoms with Crippen LogP contribution in [0.2, 0.25) is 0 Å². The van der Waals surface area contributed by atoms with Gasteiger partial charge in [0, 0.05) is 5.25 Å². The maximum absolute atomic E-state index is 11.2. The summed E-state index contributed by atoms with van der Waals surface area (Å²) in [6.45, 7) is 4.16. The Morgan fingerprint density at radius 1 is 0.621 bits per heavy atom. The number of hydrogen-bond donors (Lipinski definition) is 1. The fraction of sp³-hybridized carbons (Fsp3) is 1.00. The van der Waals surface area contributed by atoms with Gasteiger partial charge in [-0.2, -0.15) is 0 Å². The van der Waals surface area contributed by atoms with E-state index >= 15 is 0 Å². The van der Waals surface area contributed by atoms with Crippen LogP contribution in [0.25, 0.3) is 0 Å². The number of aliphatic hydroxyl groups excluding tert-OH is 1. The van der Waals surface area contributed by atoms with Gasteiger partial charge in [-0.25, -0.2) is 8.42 Å². The van der Waals surface area contributed by atoms with Crippen molar-refractivity contribution in [3.63, 3.8) is 0 Å². The maximum atomic E-state index is 11.2. The molecule has 0 saturated heterocycles. The molecule has 0 rings (SSSR count). The molecule has 0 aromatic rings. The van der Waals surface area contributed by atoms with Gasteiger partial charge < -0.3 is 9.66 Å². The third-order valence-electron chi connectivity index (χ3n) is 5.72. The van der Waals surface area contributed by atoms with Crippen molar-refractivity contribution in [1.29, 1.82) is 0 Å². The van der Waals surface area contributed by atoms with E-state index in [9.17, 15) is 18.1 Å². The number of aliphatic hydroxyl groups is 1. The molecule has 2 atom stereocenters. The first-order valence-electron chi connectivity index (χ1n) is 12.0. The number of hydrogen-bond acceptors (Lipinski definition) is 4. The average molecular weight is 459 g/mol. The minimum Gasteiger partial charge on any atom is -0.748 e. The van der Waals surface area contributed by atoms with Crippen molar-refractivity contribution >= 4 is 10.1 Å². The van der Waals surface area contributed by atoms with Gasteiger partial charge in [0.05, 0.1) is 16.2 Å². The number of unbranched alkanes of at least 4 members (excludes halogenated alkanes) is 12. The third-order valence-corrected chi connectivity index (χ3v) is 7.01. The van der Waals surface area contributed by atoms with Crippen molar-refractivity contribution in [2.24, 2.45) is 0 Å². The molecule has 6 heteroatoms. The van der Waals surface area contributed by atoms with Crippen LogP contribution in [0.15, 0.2) is 0 Å². The normalized spacial score (nSPS) is 13.8. The molecule has 0 fully saturated rings. The quantitative estimate of drug-likeness (QED) is 0.162. The molecule has 4 nitrogen and oxygen atoms in total. The first kappa shape index (κ1) is 32.7. The van der Waals surface area contributed by atoms with Gasteiger partial charge >= 0.3 is 51.4 Å². The zero-order valence-electron chi connectivity index (χ0n) is 19.7.